The van der Waals surface area contributed by atoms with E-state index in [2.05, 4.69) is 20.8 Å². The van der Waals surface area contributed by atoms with Crippen LogP contribution in [0.4, 0.5) is 11.4 Å². The molecular formula is C20H20N6O4. The molecule has 0 aliphatic carbocycles. The third kappa shape index (κ3) is 5.25. The monoisotopic (exact) mass is 408 g/mol. The minimum absolute atomic E-state index is 0.114. The highest BCUT2D eigenvalue weighted by Crippen LogP contribution is 2.17. The minimum Gasteiger partial charge on any atom is -0.452 e. The van der Waals surface area contributed by atoms with Crippen LogP contribution in [0.25, 0.3) is 0 Å². The van der Waals surface area contributed by atoms with E-state index in [9.17, 15) is 14.4 Å². The number of hydrogen-bond donors (Lipinski definition) is 1. The van der Waals surface area contributed by atoms with Gasteiger partial charge in [-0.3, -0.25) is 9.59 Å². The van der Waals surface area contributed by atoms with E-state index >= 15 is 0 Å². The molecule has 0 spiro atoms. The highest BCUT2D eigenvalue weighted by molar-refractivity contribution is 6.02. The average Bonchev–Trinajstić information content (AvgIpc) is 3.26. The van der Waals surface area contributed by atoms with Crippen molar-refractivity contribution in [3.63, 3.8) is 0 Å². The quantitative estimate of drug-likeness (QED) is 0.561. The number of hydrogen-bond acceptors (Lipinski definition) is 7. The molecule has 154 valence electrons. The molecule has 0 aliphatic rings. The number of ether oxygens (including phenoxy) is 1. The van der Waals surface area contributed by atoms with Gasteiger partial charge in [-0.15, -0.1) is 5.10 Å². The van der Waals surface area contributed by atoms with Gasteiger partial charge in [-0.2, -0.15) is 0 Å². The SMILES string of the molecule is CCN(C(=O)COC(=O)c1ccccc1NC(=O)Cn1cnnn1)c1ccccc1. The Morgan fingerprint density at radius 2 is 1.80 bits per heavy atom. The maximum atomic E-state index is 12.5. The van der Waals surface area contributed by atoms with E-state index in [0.29, 0.717) is 6.54 Å². The van der Waals surface area contributed by atoms with E-state index in [1.807, 2.05) is 25.1 Å². The Balaban J connectivity index is 1.62. The highest BCUT2D eigenvalue weighted by Gasteiger charge is 2.19. The molecule has 0 aliphatic heterocycles. The van der Waals surface area contributed by atoms with Crippen LogP contribution in [0.2, 0.25) is 0 Å². The smallest absolute Gasteiger partial charge is 0.340 e. The molecule has 1 N–H and O–H groups in total. The van der Waals surface area contributed by atoms with E-state index in [0.717, 1.165) is 5.69 Å². The molecule has 2 aromatic carbocycles. The molecule has 1 heterocycles. The van der Waals surface area contributed by atoms with Crippen molar-refractivity contribution < 1.29 is 19.1 Å². The molecular weight excluding hydrogens is 388 g/mol. The van der Waals surface area contributed by atoms with Gasteiger partial charge in [0.1, 0.15) is 12.9 Å². The van der Waals surface area contributed by atoms with Crippen molar-refractivity contribution in [2.45, 2.75) is 13.5 Å². The van der Waals surface area contributed by atoms with Gasteiger partial charge in [-0.05, 0) is 41.6 Å². The third-order valence-electron chi connectivity index (χ3n) is 4.13. The number of nitrogens with zero attached hydrogens (tertiary/aromatic N) is 5. The van der Waals surface area contributed by atoms with Crippen molar-refractivity contribution in [3.05, 3.63) is 66.5 Å². The van der Waals surface area contributed by atoms with Crippen LogP contribution >= 0.6 is 0 Å². The molecule has 0 fully saturated rings. The molecule has 2 amide bonds. The lowest BCUT2D eigenvalue weighted by Gasteiger charge is -2.21. The molecule has 0 radical (unpaired) electrons. The highest BCUT2D eigenvalue weighted by atomic mass is 16.5. The number of tetrazole rings is 1. The van der Waals surface area contributed by atoms with Crippen molar-refractivity contribution in [3.8, 4) is 0 Å². The summed E-state index contributed by atoms with van der Waals surface area (Å²) < 4.78 is 6.45. The lowest BCUT2D eigenvalue weighted by atomic mass is 10.2. The number of esters is 1. The molecule has 0 saturated carbocycles. The number of amides is 2. The molecule has 10 nitrogen and oxygen atoms in total. The van der Waals surface area contributed by atoms with Crippen molar-refractivity contribution in [1.82, 2.24) is 20.2 Å². The molecule has 0 saturated heterocycles. The number of carbonyl (C=O) groups is 3. The number of benzene rings is 2. The largest absolute Gasteiger partial charge is 0.452 e. The molecule has 30 heavy (non-hydrogen) atoms. The molecule has 0 unspecified atom stereocenters. The van der Waals surface area contributed by atoms with Crippen LogP contribution < -0.4 is 10.2 Å². The van der Waals surface area contributed by atoms with Crippen molar-refractivity contribution in [2.24, 2.45) is 0 Å². The van der Waals surface area contributed by atoms with Crippen LogP contribution in [0, 0.1) is 0 Å². The van der Waals surface area contributed by atoms with Gasteiger partial charge in [-0.1, -0.05) is 30.3 Å². The number of carbonyl (C=O) groups excluding carboxylic acids is 3. The van der Waals surface area contributed by atoms with Crippen LogP contribution in [0.5, 0.6) is 0 Å². The maximum absolute atomic E-state index is 12.5. The van der Waals surface area contributed by atoms with Gasteiger partial charge in [0.05, 0.1) is 11.3 Å². The summed E-state index contributed by atoms with van der Waals surface area (Å²) in [6.45, 7) is 1.73. The normalized spacial score (nSPS) is 10.3. The Hall–Kier alpha value is -4.08. The first kappa shape index (κ1) is 20.6. The van der Waals surface area contributed by atoms with E-state index in [-0.39, 0.29) is 23.7 Å². The van der Waals surface area contributed by atoms with E-state index in [4.69, 9.17) is 4.74 Å². The lowest BCUT2D eigenvalue weighted by molar-refractivity contribution is -0.121. The second-order valence-corrected chi connectivity index (χ2v) is 6.15. The van der Waals surface area contributed by atoms with Crippen LogP contribution in [0.15, 0.2) is 60.9 Å². The number of rotatable bonds is 8. The van der Waals surface area contributed by atoms with Gasteiger partial charge < -0.3 is 15.0 Å². The second-order valence-electron chi connectivity index (χ2n) is 6.15. The Morgan fingerprint density at radius 3 is 2.50 bits per heavy atom. The molecule has 3 rings (SSSR count). The Morgan fingerprint density at radius 1 is 1.07 bits per heavy atom. The van der Waals surface area contributed by atoms with Crippen molar-refractivity contribution >= 4 is 29.2 Å². The Bertz CT molecular complexity index is 1010. The van der Waals surface area contributed by atoms with Gasteiger partial charge in [0.2, 0.25) is 5.91 Å². The predicted octanol–water partition coefficient (Wildman–Crippen LogP) is 1.52. The second kappa shape index (κ2) is 9.92. The van der Waals surface area contributed by atoms with Gasteiger partial charge in [0.15, 0.2) is 6.61 Å². The fraction of sp³-hybridized carbons (Fsp3) is 0.200. The van der Waals surface area contributed by atoms with Gasteiger partial charge in [0, 0.05) is 12.2 Å². The standard InChI is InChI=1S/C20H20N6O4/c1-2-26(15-8-4-3-5-9-15)19(28)13-30-20(29)16-10-6-7-11-17(16)22-18(27)12-25-14-21-23-24-25/h3-11,14H,2,12-13H2,1H3,(H,22,27). The van der Waals surface area contributed by atoms with E-state index in [1.54, 1.807) is 30.3 Å². The fourth-order valence-corrected chi connectivity index (χ4v) is 2.75. The fourth-order valence-electron chi connectivity index (χ4n) is 2.75. The third-order valence-corrected chi connectivity index (χ3v) is 4.13. The van der Waals surface area contributed by atoms with Crippen LogP contribution in [0.3, 0.4) is 0 Å². The summed E-state index contributed by atoms with van der Waals surface area (Å²) in [5.74, 6) is -1.48. The molecule has 10 heteroatoms. The van der Waals surface area contributed by atoms with E-state index < -0.39 is 18.5 Å². The van der Waals surface area contributed by atoms with Gasteiger partial charge in [-0.25, -0.2) is 9.48 Å². The summed E-state index contributed by atoms with van der Waals surface area (Å²) in [6, 6.07) is 15.5. The summed E-state index contributed by atoms with van der Waals surface area (Å²) in [7, 11) is 0. The number of likely N-dealkylation sites (N-methyl/N-ethyl adjacent to an activating group) is 1. The zero-order chi connectivity index (χ0) is 21.3. The van der Waals surface area contributed by atoms with E-state index in [1.165, 1.54) is 22.0 Å². The number of anilines is 2. The average molecular weight is 408 g/mol. The Kier molecular flexibility index (Phi) is 6.83. The van der Waals surface area contributed by atoms with Crippen LogP contribution in [-0.2, 0) is 20.9 Å². The van der Waals surface area contributed by atoms with Gasteiger partial charge in [0.25, 0.3) is 5.91 Å². The zero-order valence-corrected chi connectivity index (χ0v) is 16.3. The number of para-hydroxylation sites is 2. The van der Waals surface area contributed by atoms with Crippen molar-refractivity contribution in [2.75, 3.05) is 23.4 Å². The first-order valence-electron chi connectivity index (χ1n) is 9.20. The van der Waals surface area contributed by atoms with Crippen molar-refractivity contribution in [1.29, 1.82) is 0 Å². The lowest BCUT2D eigenvalue weighted by Crippen LogP contribution is -2.34. The summed E-state index contributed by atoms with van der Waals surface area (Å²) in [4.78, 5) is 38.7. The van der Waals surface area contributed by atoms with Crippen LogP contribution in [0.1, 0.15) is 17.3 Å². The molecule has 1 aromatic heterocycles. The maximum Gasteiger partial charge on any atom is 0.340 e. The summed E-state index contributed by atoms with van der Waals surface area (Å²) >= 11 is 0. The Labute approximate surface area is 172 Å². The first-order valence-corrected chi connectivity index (χ1v) is 9.20. The van der Waals surface area contributed by atoms with Gasteiger partial charge >= 0.3 is 5.97 Å². The number of aromatic nitrogens is 4. The predicted molar refractivity (Wildman–Crippen MR) is 108 cm³/mol. The summed E-state index contributed by atoms with van der Waals surface area (Å²) in [5, 5.41) is 13.1. The topological polar surface area (TPSA) is 119 Å². The summed E-state index contributed by atoms with van der Waals surface area (Å²) in [5.41, 5.74) is 1.12. The first-order chi connectivity index (χ1) is 14.6. The molecule has 0 bridgehead atoms. The molecule has 0 atom stereocenters. The van der Waals surface area contributed by atoms with Crippen LogP contribution in [-0.4, -0.2) is 51.1 Å². The molecule has 3 aromatic rings. The number of nitrogens with one attached hydrogen (secondary N) is 1. The minimum atomic E-state index is -0.717. The zero-order valence-electron chi connectivity index (χ0n) is 16.3. The summed E-state index contributed by atoms with van der Waals surface area (Å²) in [6.07, 6.45) is 1.30.